The molecule has 0 spiro atoms. The van der Waals surface area contributed by atoms with Crippen LogP contribution < -0.4 is 34.3 Å². The van der Waals surface area contributed by atoms with Gasteiger partial charge in [0, 0.05) is 0 Å². The molecule has 0 bridgehead atoms. The smallest absolute Gasteiger partial charge is 0.744 e. The second-order valence-corrected chi connectivity index (χ2v) is 3.86. The molecule has 1 aromatic carbocycles. The van der Waals surface area contributed by atoms with Gasteiger partial charge >= 0.3 is 35.9 Å². The fourth-order valence-corrected chi connectivity index (χ4v) is 1.33. The van der Waals surface area contributed by atoms with Crippen molar-refractivity contribution in [1.29, 1.82) is 0 Å². The second kappa shape index (κ2) is 5.37. The summed E-state index contributed by atoms with van der Waals surface area (Å²) in [6.45, 7) is 0. The van der Waals surface area contributed by atoms with E-state index >= 15 is 0 Å². The summed E-state index contributed by atoms with van der Waals surface area (Å²) in [5, 5.41) is 0. The molecule has 0 unspecified atom stereocenters. The molecule has 0 aliphatic rings. The van der Waals surface area contributed by atoms with Crippen molar-refractivity contribution in [2.75, 3.05) is 0 Å². The Labute approximate surface area is 111 Å². The molecular weight excluding hydrogens is 260 g/mol. The van der Waals surface area contributed by atoms with E-state index in [4.69, 9.17) is 0 Å². The van der Waals surface area contributed by atoms with E-state index in [2.05, 4.69) is 4.74 Å². The topological polar surface area (TPSA) is 66.4 Å². The Morgan fingerprint density at radius 3 is 2.25 bits per heavy atom. The van der Waals surface area contributed by atoms with Gasteiger partial charge in [0.05, 0.1) is 4.90 Å². The van der Waals surface area contributed by atoms with Crippen molar-refractivity contribution in [2.45, 2.75) is 11.3 Å². The van der Waals surface area contributed by atoms with Crippen LogP contribution in [-0.4, -0.2) is 19.3 Å². The van der Waals surface area contributed by atoms with Gasteiger partial charge in [-0.05, 0) is 18.2 Å². The normalized spacial score (nSPS) is 11.8. The molecule has 1 aromatic rings. The zero-order valence-electron chi connectivity index (χ0n) is 7.98. The number of benzene rings is 1. The molecule has 0 fully saturated rings. The van der Waals surface area contributed by atoms with Gasteiger partial charge in [-0.15, -0.1) is 13.2 Å². The number of halogens is 3. The third kappa shape index (κ3) is 5.17. The summed E-state index contributed by atoms with van der Waals surface area (Å²) < 4.78 is 70.0. The van der Waals surface area contributed by atoms with E-state index < -0.39 is 27.1 Å². The summed E-state index contributed by atoms with van der Waals surface area (Å²) in [7, 11) is -4.78. The van der Waals surface area contributed by atoms with Crippen LogP contribution in [0.4, 0.5) is 13.2 Å². The van der Waals surface area contributed by atoms with Crippen LogP contribution in [0.1, 0.15) is 0 Å². The van der Waals surface area contributed by atoms with Crippen molar-refractivity contribution in [3.05, 3.63) is 24.3 Å². The van der Waals surface area contributed by atoms with E-state index in [1.807, 2.05) is 0 Å². The fourth-order valence-electron chi connectivity index (χ4n) is 0.827. The van der Waals surface area contributed by atoms with Crippen LogP contribution in [0.5, 0.6) is 5.75 Å². The molecule has 0 amide bonds. The van der Waals surface area contributed by atoms with Gasteiger partial charge in [0.15, 0.2) is 0 Å². The van der Waals surface area contributed by atoms with Gasteiger partial charge in [0.25, 0.3) is 0 Å². The van der Waals surface area contributed by atoms with Crippen molar-refractivity contribution < 1.29 is 60.4 Å². The molecule has 9 heteroatoms. The molecule has 0 heterocycles. The molecule has 84 valence electrons. The zero-order chi connectivity index (χ0) is 11.7. The Morgan fingerprint density at radius 2 is 1.81 bits per heavy atom. The van der Waals surface area contributed by atoms with Gasteiger partial charge in [-0.25, -0.2) is 8.42 Å². The van der Waals surface area contributed by atoms with Crippen LogP contribution in [0, 0.1) is 0 Å². The predicted molar refractivity (Wildman–Crippen MR) is 41.1 cm³/mol. The number of hydrogen-bond donors (Lipinski definition) is 0. The van der Waals surface area contributed by atoms with Gasteiger partial charge in [-0.3, -0.25) is 0 Å². The van der Waals surface area contributed by atoms with E-state index in [1.165, 1.54) is 0 Å². The fraction of sp³-hybridized carbons (Fsp3) is 0.143. The average molecular weight is 264 g/mol. The molecular formula is C7H4F3NaO4S. The van der Waals surface area contributed by atoms with Crippen LogP contribution in [0.3, 0.4) is 0 Å². The minimum Gasteiger partial charge on any atom is -0.744 e. The van der Waals surface area contributed by atoms with Gasteiger partial charge in [-0.2, -0.15) is 0 Å². The summed E-state index contributed by atoms with van der Waals surface area (Å²) in [4.78, 5) is -0.774. The molecule has 16 heavy (non-hydrogen) atoms. The van der Waals surface area contributed by atoms with E-state index in [1.54, 1.807) is 0 Å². The Hall–Kier alpha value is -0.280. The molecule has 0 aromatic heterocycles. The maximum atomic E-state index is 11.7. The largest absolute Gasteiger partial charge is 1.00 e. The Bertz CT molecular complexity index is 457. The van der Waals surface area contributed by atoms with Crippen LogP contribution in [0.25, 0.3) is 0 Å². The third-order valence-electron chi connectivity index (χ3n) is 1.33. The van der Waals surface area contributed by atoms with E-state index in [0.717, 1.165) is 18.2 Å². The summed E-state index contributed by atoms with van der Waals surface area (Å²) in [5.41, 5.74) is 0. The summed E-state index contributed by atoms with van der Waals surface area (Å²) in [6, 6.07) is 3.26. The van der Waals surface area contributed by atoms with Crippen molar-refractivity contribution >= 4 is 10.1 Å². The van der Waals surface area contributed by atoms with Gasteiger partial charge < -0.3 is 9.29 Å². The maximum absolute atomic E-state index is 11.7. The first-order valence-electron chi connectivity index (χ1n) is 3.50. The number of ether oxygens (including phenoxy) is 1. The zero-order valence-corrected chi connectivity index (χ0v) is 10.8. The van der Waals surface area contributed by atoms with E-state index in [0.29, 0.717) is 6.07 Å². The first-order valence-corrected chi connectivity index (χ1v) is 4.91. The summed E-state index contributed by atoms with van der Waals surface area (Å²) in [5.74, 6) is -0.751. The maximum Gasteiger partial charge on any atom is 1.00 e. The average Bonchev–Trinajstić information content (AvgIpc) is 1.99. The summed E-state index contributed by atoms with van der Waals surface area (Å²) >= 11 is 0. The van der Waals surface area contributed by atoms with Gasteiger partial charge in [-0.1, -0.05) is 6.07 Å². The SMILES string of the molecule is O=S(=O)([O-])c1cccc(OC(F)(F)F)c1.[Na+]. The number of rotatable bonds is 2. The Balaban J connectivity index is 0.00000225. The number of hydrogen-bond acceptors (Lipinski definition) is 4. The first-order chi connectivity index (χ1) is 6.68. The predicted octanol–water partition coefficient (Wildman–Crippen LogP) is -1.51. The third-order valence-corrected chi connectivity index (χ3v) is 2.16. The molecule has 0 atom stereocenters. The van der Waals surface area contributed by atoms with E-state index in [9.17, 15) is 26.1 Å². The van der Waals surface area contributed by atoms with Crippen LogP contribution in [0.15, 0.2) is 29.2 Å². The molecule has 0 radical (unpaired) electrons. The molecule has 0 N–H and O–H groups in total. The second-order valence-electron chi connectivity index (χ2n) is 2.48. The molecule has 1 rings (SSSR count). The molecule has 0 aliphatic heterocycles. The van der Waals surface area contributed by atoms with Crippen molar-refractivity contribution in [3.8, 4) is 5.75 Å². The molecule has 4 nitrogen and oxygen atoms in total. The van der Waals surface area contributed by atoms with Crippen molar-refractivity contribution in [2.24, 2.45) is 0 Å². The van der Waals surface area contributed by atoms with E-state index in [-0.39, 0.29) is 29.6 Å². The minimum atomic E-state index is -4.93. The monoisotopic (exact) mass is 264 g/mol. The van der Waals surface area contributed by atoms with Crippen LogP contribution in [0.2, 0.25) is 0 Å². The molecule has 0 saturated heterocycles. The molecule has 0 saturated carbocycles. The standard InChI is InChI=1S/C7H5F3O4S.Na/c8-7(9,10)14-5-2-1-3-6(4-5)15(11,12)13;/h1-4H,(H,11,12,13);/q;+1/p-1. The minimum absolute atomic E-state index is 0. The van der Waals surface area contributed by atoms with Gasteiger partial charge in [0.2, 0.25) is 0 Å². The van der Waals surface area contributed by atoms with Crippen LogP contribution >= 0.6 is 0 Å². The number of alkyl halides is 3. The van der Waals surface area contributed by atoms with Crippen LogP contribution in [-0.2, 0) is 10.1 Å². The first kappa shape index (κ1) is 15.7. The quantitative estimate of drug-likeness (QED) is 0.481. The Morgan fingerprint density at radius 1 is 1.25 bits per heavy atom. The molecule has 0 aliphatic carbocycles. The summed E-state index contributed by atoms with van der Waals surface area (Å²) in [6.07, 6.45) is -4.93. The van der Waals surface area contributed by atoms with Crippen molar-refractivity contribution in [1.82, 2.24) is 0 Å². The Kier molecular flexibility index (Phi) is 5.27. The van der Waals surface area contributed by atoms with Gasteiger partial charge in [0.1, 0.15) is 15.9 Å². The van der Waals surface area contributed by atoms with Crippen molar-refractivity contribution in [3.63, 3.8) is 0 Å².